The number of ether oxygens (including phenoxy) is 1. The molecule has 0 heterocycles. The SMILES string of the molecule is CC(=O)C(OC(=O)c1ccc(O)cc1)C(C)=O. The summed E-state index contributed by atoms with van der Waals surface area (Å²) >= 11 is 0. The second kappa shape index (κ2) is 5.25. The van der Waals surface area contributed by atoms with E-state index in [2.05, 4.69) is 0 Å². The second-order valence-electron chi connectivity index (χ2n) is 3.55. The van der Waals surface area contributed by atoms with Gasteiger partial charge >= 0.3 is 5.97 Å². The van der Waals surface area contributed by atoms with Gasteiger partial charge in [-0.25, -0.2) is 4.79 Å². The van der Waals surface area contributed by atoms with Gasteiger partial charge in [0.25, 0.3) is 0 Å². The molecule has 0 aromatic heterocycles. The van der Waals surface area contributed by atoms with Crippen LogP contribution in [0.3, 0.4) is 0 Å². The highest BCUT2D eigenvalue weighted by Gasteiger charge is 2.24. The Hall–Kier alpha value is -2.17. The third-order valence-corrected chi connectivity index (χ3v) is 2.07. The van der Waals surface area contributed by atoms with Crippen molar-refractivity contribution in [3.8, 4) is 5.75 Å². The van der Waals surface area contributed by atoms with Gasteiger partial charge in [0, 0.05) is 0 Å². The summed E-state index contributed by atoms with van der Waals surface area (Å²) in [5.74, 6) is -1.81. The molecule has 0 amide bonds. The number of carbonyl (C=O) groups excluding carboxylic acids is 3. The molecule has 0 fully saturated rings. The summed E-state index contributed by atoms with van der Waals surface area (Å²) in [6, 6.07) is 5.31. The van der Waals surface area contributed by atoms with Crippen LogP contribution in [0.25, 0.3) is 0 Å². The molecule has 5 nitrogen and oxygen atoms in total. The van der Waals surface area contributed by atoms with Gasteiger partial charge in [0.2, 0.25) is 6.10 Å². The first-order valence-corrected chi connectivity index (χ1v) is 4.92. The number of rotatable bonds is 4. The van der Waals surface area contributed by atoms with Crippen molar-refractivity contribution in [2.45, 2.75) is 20.0 Å². The maximum absolute atomic E-state index is 11.6. The minimum atomic E-state index is -1.36. The molecule has 0 aliphatic carbocycles. The van der Waals surface area contributed by atoms with Crippen molar-refractivity contribution in [2.75, 3.05) is 0 Å². The van der Waals surface area contributed by atoms with Gasteiger partial charge in [-0.05, 0) is 38.1 Å². The van der Waals surface area contributed by atoms with E-state index >= 15 is 0 Å². The van der Waals surface area contributed by atoms with Crippen LogP contribution in [0.1, 0.15) is 24.2 Å². The number of hydrogen-bond donors (Lipinski definition) is 1. The third-order valence-electron chi connectivity index (χ3n) is 2.07. The van der Waals surface area contributed by atoms with E-state index in [9.17, 15) is 14.4 Å². The number of aromatic hydroxyl groups is 1. The Morgan fingerprint density at radius 1 is 1.06 bits per heavy atom. The minimum Gasteiger partial charge on any atom is -0.508 e. The fourth-order valence-corrected chi connectivity index (χ4v) is 1.22. The molecule has 1 aromatic rings. The van der Waals surface area contributed by atoms with Gasteiger partial charge in [0.1, 0.15) is 5.75 Å². The molecule has 0 saturated heterocycles. The molecule has 0 aliphatic heterocycles. The van der Waals surface area contributed by atoms with Crippen molar-refractivity contribution >= 4 is 17.5 Å². The maximum Gasteiger partial charge on any atom is 0.339 e. The van der Waals surface area contributed by atoms with Gasteiger partial charge < -0.3 is 9.84 Å². The Kier molecular flexibility index (Phi) is 3.98. The first-order chi connectivity index (χ1) is 7.91. The van der Waals surface area contributed by atoms with Crippen molar-refractivity contribution in [1.82, 2.24) is 0 Å². The van der Waals surface area contributed by atoms with Crippen LogP contribution in [0, 0.1) is 0 Å². The van der Waals surface area contributed by atoms with Gasteiger partial charge in [0.05, 0.1) is 5.56 Å². The minimum absolute atomic E-state index is 0.0104. The van der Waals surface area contributed by atoms with Crippen molar-refractivity contribution in [3.05, 3.63) is 29.8 Å². The molecule has 1 rings (SSSR count). The van der Waals surface area contributed by atoms with E-state index in [1.54, 1.807) is 0 Å². The fraction of sp³-hybridized carbons (Fsp3) is 0.250. The van der Waals surface area contributed by atoms with Gasteiger partial charge in [-0.3, -0.25) is 9.59 Å². The summed E-state index contributed by atoms with van der Waals surface area (Å²) in [5.41, 5.74) is 0.162. The van der Waals surface area contributed by atoms with Crippen LogP contribution in [-0.4, -0.2) is 28.7 Å². The Labute approximate surface area is 98.0 Å². The Balaban J connectivity index is 2.81. The number of carbonyl (C=O) groups is 3. The van der Waals surface area contributed by atoms with Crippen molar-refractivity contribution in [3.63, 3.8) is 0 Å². The van der Waals surface area contributed by atoms with Crippen LogP contribution in [0.15, 0.2) is 24.3 Å². The van der Waals surface area contributed by atoms with Gasteiger partial charge in [0.15, 0.2) is 11.6 Å². The molecule has 1 N–H and O–H groups in total. The van der Waals surface area contributed by atoms with E-state index in [-0.39, 0.29) is 11.3 Å². The van der Waals surface area contributed by atoms with E-state index in [1.165, 1.54) is 38.1 Å². The van der Waals surface area contributed by atoms with E-state index in [1.807, 2.05) is 0 Å². The Bertz CT molecular complexity index is 432. The van der Waals surface area contributed by atoms with Crippen LogP contribution in [0.4, 0.5) is 0 Å². The number of hydrogen-bond acceptors (Lipinski definition) is 5. The summed E-state index contributed by atoms with van der Waals surface area (Å²) in [7, 11) is 0. The highest BCUT2D eigenvalue weighted by atomic mass is 16.5. The molecule has 0 bridgehead atoms. The molecule has 0 unspecified atom stereocenters. The van der Waals surface area contributed by atoms with E-state index < -0.39 is 23.6 Å². The third kappa shape index (κ3) is 3.41. The lowest BCUT2D eigenvalue weighted by molar-refractivity contribution is -0.136. The molecule has 1 aromatic carbocycles. The zero-order valence-corrected chi connectivity index (χ0v) is 9.47. The monoisotopic (exact) mass is 236 g/mol. The number of phenolic OH excluding ortho intramolecular Hbond substituents is 1. The first-order valence-electron chi connectivity index (χ1n) is 4.92. The zero-order chi connectivity index (χ0) is 13.0. The second-order valence-corrected chi connectivity index (χ2v) is 3.55. The Morgan fingerprint density at radius 3 is 1.94 bits per heavy atom. The number of Topliss-reactive ketones (excluding diaryl/α,β-unsaturated/α-hetero) is 2. The number of esters is 1. The van der Waals surface area contributed by atoms with Crippen LogP contribution in [0.5, 0.6) is 5.75 Å². The van der Waals surface area contributed by atoms with Crippen molar-refractivity contribution in [1.29, 1.82) is 0 Å². The first kappa shape index (κ1) is 12.9. The molecule has 5 heteroatoms. The molecular formula is C12H12O5. The molecule has 17 heavy (non-hydrogen) atoms. The quantitative estimate of drug-likeness (QED) is 0.625. The van der Waals surface area contributed by atoms with Gasteiger partial charge in [-0.1, -0.05) is 0 Å². The van der Waals surface area contributed by atoms with Crippen LogP contribution < -0.4 is 0 Å². The summed E-state index contributed by atoms with van der Waals surface area (Å²) in [6.45, 7) is 2.35. The lowest BCUT2D eigenvalue weighted by Gasteiger charge is -2.11. The fourth-order valence-electron chi connectivity index (χ4n) is 1.22. The van der Waals surface area contributed by atoms with Crippen LogP contribution >= 0.6 is 0 Å². The molecule has 0 aliphatic rings. The normalized spacial score (nSPS) is 10.1. The zero-order valence-electron chi connectivity index (χ0n) is 9.47. The van der Waals surface area contributed by atoms with E-state index in [4.69, 9.17) is 9.84 Å². The molecular weight excluding hydrogens is 224 g/mol. The molecule has 0 radical (unpaired) electrons. The maximum atomic E-state index is 11.6. The van der Waals surface area contributed by atoms with Gasteiger partial charge in [-0.15, -0.1) is 0 Å². The summed E-state index contributed by atoms with van der Waals surface area (Å²) < 4.78 is 4.78. The summed E-state index contributed by atoms with van der Waals surface area (Å²) in [5, 5.41) is 9.04. The van der Waals surface area contributed by atoms with Crippen molar-refractivity contribution < 1.29 is 24.2 Å². The average molecular weight is 236 g/mol. The highest BCUT2D eigenvalue weighted by molar-refractivity contribution is 6.05. The molecule has 0 atom stereocenters. The average Bonchev–Trinajstić information content (AvgIpc) is 2.25. The lowest BCUT2D eigenvalue weighted by atomic mass is 10.1. The smallest absolute Gasteiger partial charge is 0.339 e. The largest absolute Gasteiger partial charge is 0.508 e. The molecule has 90 valence electrons. The topological polar surface area (TPSA) is 80.7 Å². The predicted molar refractivity (Wildman–Crippen MR) is 58.7 cm³/mol. The van der Waals surface area contributed by atoms with Crippen LogP contribution in [0.2, 0.25) is 0 Å². The standard InChI is InChI=1S/C12H12O5/c1-7(13)11(8(2)14)17-12(16)9-3-5-10(15)6-4-9/h3-6,11,15H,1-2H3. The Morgan fingerprint density at radius 2 is 1.53 bits per heavy atom. The van der Waals surface area contributed by atoms with Crippen molar-refractivity contribution in [2.24, 2.45) is 0 Å². The van der Waals surface area contributed by atoms with E-state index in [0.29, 0.717) is 0 Å². The van der Waals surface area contributed by atoms with Gasteiger partial charge in [-0.2, -0.15) is 0 Å². The number of ketones is 2. The molecule has 0 spiro atoms. The van der Waals surface area contributed by atoms with Crippen LogP contribution in [-0.2, 0) is 14.3 Å². The molecule has 0 saturated carbocycles. The number of benzene rings is 1. The number of phenols is 1. The van der Waals surface area contributed by atoms with E-state index in [0.717, 1.165) is 0 Å². The predicted octanol–water partition coefficient (Wildman–Crippen LogP) is 1.10. The highest BCUT2D eigenvalue weighted by Crippen LogP contribution is 2.11. The summed E-state index contributed by atoms with van der Waals surface area (Å²) in [4.78, 5) is 33.7. The summed E-state index contributed by atoms with van der Waals surface area (Å²) in [6.07, 6.45) is -1.36. The lowest BCUT2D eigenvalue weighted by Crippen LogP contribution is -2.31.